The summed E-state index contributed by atoms with van der Waals surface area (Å²) in [6.07, 6.45) is 1.25. The second-order valence-corrected chi connectivity index (χ2v) is 11.7. The van der Waals surface area contributed by atoms with Crippen molar-refractivity contribution < 1.29 is 17.9 Å². The maximum atomic E-state index is 14.0. The summed E-state index contributed by atoms with van der Waals surface area (Å²) in [5, 5.41) is 0.593. The van der Waals surface area contributed by atoms with E-state index in [0.717, 1.165) is 21.5 Å². The third-order valence-corrected chi connectivity index (χ3v) is 9.30. The lowest BCUT2D eigenvalue weighted by Crippen LogP contribution is -2.46. The van der Waals surface area contributed by atoms with E-state index < -0.39 is 15.9 Å². The predicted molar refractivity (Wildman–Crippen MR) is 142 cm³/mol. The molecule has 1 fully saturated rings. The highest BCUT2D eigenvalue weighted by molar-refractivity contribution is 7.89. The van der Waals surface area contributed by atoms with Crippen molar-refractivity contribution >= 4 is 42.6 Å². The standard InChI is InChI=1S/C27H27N3O4S2/c1-34-22-14-15-24-25(17-22)35-27(28-24)30(18-20-9-4-2-5-10-20)26(31)21-11-8-16-29(19-21)36(32,33)23-12-6-3-7-13-23/h2-7,9-10,12-15,17,21H,8,11,16,18-19H2,1H3. The van der Waals surface area contributed by atoms with Gasteiger partial charge in [-0.2, -0.15) is 4.31 Å². The first-order valence-electron chi connectivity index (χ1n) is 11.8. The van der Waals surface area contributed by atoms with Crippen molar-refractivity contribution in [3.8, 4) is 5.75 Å². The molecule has 186 valence electrons. The van der Waals surface area contributed by atoms with Crippen LogP contribution < -0.4 is 9.64 Å². The Kier molecular flexibility index (Phi) is 7.04. The fourth-order valence-electron chi connectivity index (χ4n) is 4.47. The summed E-state index contributed by atoms with van der Waals surface area (Å²) >= 11 is 1.43. The van der Waals surface area contributed by atoms with Crippen LogP contribution in [0.5, 0.6) is 5.75 Å². The van der Waals surface area contributed by atoms with E-state index in [2.05, 4.69) is 0 Å². The summed E-state index contributed by atoms with van der Waals surface area (Å²) in [4.78, 5) is 20.7. The molecule has 7 nitrogen and oxygen atoms in total. The normalized spacial score (nSPS) is 16.6. The molecule has 0 aliphatic carbocycles. The van der Waals surface area contributed by atoms with Crippen molar-refractivity contribution in [2.24, 2.45) is 5.92 Å². The van der Waals surface area contributed by atoms with Crippen molar-refractivity contribution in [2.45, 2.75) is 24.3 Å². The van der Waals surface area contributed by atoms with Crippen LogP contribution in [0.3, 0.4) is 0 Å². The molecule has 1 saturated heterocycles. The van der Waals surface area contributed by atoms with Crippen LogP contribution in [-0.4, -0.2) is 43.8 Å². The first kappa shape index (κ1) is 24.4. The number of methoxy groups -OCH3 is 1. The Labute approximate surface area is 215 Å². The van der Waals surface area contributed by atoms with Gasteiger partial charge in [-0.15, -0.1) is 0 Å². The van der Waals surface area contributed by atoms with Gasteiger partial charge in [0.1, 0.15) is 5.75 Å². The van der Waals surface area contributed by atoms with Crippen LogP contribution >= 0.6 is 11.3 Å². The van der Waals surface area contributed by atoms with Gasteiger partial charge in [-0.1, -0.05) is 59.9 Å². The number of anilines is 1. The molecule has 0 spiro atoms. The molecule has 4 aromatic rings. The van der Waals surface area contributed by atoms with E-state index in [-0.39, 0.29) is 17.3 Å². The van der Waals surface area contributed by atoms with Crippen LogP contribution in [-0.2, 0) is 21.4 Å². The molecule has 1 aliphatic heterocycles. The Morgan fingerprint density at radius 3 is 2.53 bits per heavy atom. The number of carbonyl (C=O) groups excluding carboxylic acids is 1. The van der Waals surface area contributed by atoms with Gasteiger partial charge in [0.25, 0.3) is 0 Å². The van der Waals surface area contributed by atoms with Gasteiger partial charge < -0.3 is 4.74 Å². The lowest BCUT2D eigenvalue weighted by atomic mass is 9.98. The van der Waals surface area contributed by atoms with Crippen LogP contribution in [0.25, 0.3) is 10.2 Å². The highest BCUT2D eigenvalue weighted by Gasteiger charge is 2.36. The van der Waals surface area contributed by atoms with Gasteiger partial charge in [0.05, 0.1) is 34.7 Å². The average molecular weight is 522 g/mol. The van der Waals surface area contributed by atoms with Gasteiger partial charge in [0.2, 0.25) is 15.9 Å². The Morgan fingerprint density at radius 1 is 1.08 bits per heavy atom. The van der Waals surface area contributed by atoms with Gasteiger partial charge in [-0.05, 0) is 48.7 Å². The van der Waals surface area contributed by atoms with Crippen LogP contribution in [0, 0.1) is 5.92 Å². The molecule has 0 radical (unpaired) electrons. The first-order valence-corrected chi connectivity index (χ1v) is 14.1. The average Bonchev–Trinajstić information content (AvgIpc) is 3.35. The van der Waals surface area contributed by atoms with E-state index in [1.165, 1.54) is 15.6 Å². The minimum absolute atomic E-state index is 0.113. The summed E-state index contributed by atoms with van der Waals surface area (Å²) in [7, 11) is -2.05. The Hall–Kier alpha value is -3.27. The largest absolute Gasteiger partial charge is 0.497 e. The summed E-state index contributed by atoms with van der Waals surface area (Å²) in [6.45, 7) is 0.916. The van der Waals surface area contributed by atoms with Gasteiger partial charge in [0.15, 0.2) is 5.13 Å². The van der Waals surface area contributed by atoms with Gasteiger partial charge >= 0.3 is 0 Å². The second-order valence-electron chi connectivity index (χ2n) is 8.76. The molecule has 36 heavy (non-hydrogen) atoms. The lowest BCUT2D eigenvalue weighted by Gasteiger charge is -2.33. The topological polar surface area (TPSA) is 79.8 Å². The number of benzene rings is 3. The monoisotopic (exact) mass is 521 g/mol. The number of thiazole rings is 1. The highest BCUT2D eigenvalue weighted by atomic mass is 32.2. The molecule has 1 aliphatic rings. The molecule has 1 amide bonds. The zero-order chi connectivity index (χ0) is 25.1. The Bertz CT molecular complexity index is 1460. The number of piperidine rings is 1. The third kappa shape index (κ3) is 5.00. The number of fused-ring (bicyclic) bond motifs is 1. The third-order valence-electron chi connectivity index (χ3n) is 6.38. The van der Waals surface area contributed by atoms with Crippen molar-refractivity contribution in [1.82, 2.24) is 9.29 Å². The van der Waals surface area contributed by atoms with Crippen molar-refractivity contribution in [2.75, 3.05) is 25.1 Å². The molecular formula is C27H27N3O4S2. The molecule has 9 heteroatoms. The smallest absolute Gasteiger partial charge is 0.243 e. The fraction of sp³-hybridized carbons (Fsp3) is 0.259. The molecule has 1 aromatic heterocycles. The van der Waals surface area contributed by atoms with E-state index >= 15 is 0 Å². The summed E-state index contributed by atoms with van der Waals surface area (Å²) in [5.41, 5.74) is 1.77. The molecule has 1 atom stereocenters. The van der Waals surface area contributed by atoms with Crippen LogP contribution in [0.4, 0.5) is 5.13 Å². The van der Waals surface area contributed by atoms with Crippen LogP contribution in [0.1, 0.15) is 18.4 Å². The number of aromatic nitrogens is 1. The number of amides is 1. The number of rotatable bonds is 7. The number of hydrogen-bond acceptors (Lipinski definition) is 6. The first-order chi connectivity index (χ1) is 17.5. The second kappa shape index (κ2) is 10.4. The number of carbonyl (C=O) groups is 1. The lowest BCUT2D eigenvalue weighted by molar-refractivity contribution is -0.123. The summed E-state index contributed by atoms with van der Waals surface area (Å²) < 4.78 is 34.2. The molecule has 0 bridgehead atoms. The minimum atomic E-state index is -3.67. The van der Waals surface area contributed by atoms with Crippen molar-refractivity contribution in [1.29, 1.82) is 0 Å². The molecule has 0 saturated carbocycles. The summed E-state index contributed by atoms with van der Waals surface area (Å²) in [6, 6.07) is 23.8. The molecule has 2 heterocycles. The van der Waals surface area contributed by atoms with Gasteiger partial charge in [-0.25, -0.2) is 13.4 Å². The van der Waals surface area contributed by atoms with E-state index in [1.807, 2.05) is 48.5 Å². The maximum Gasteiger partial charge on any atom is 0.243 e. The number of ether oxygens (including phenoxy) is 1. The Balaban J connectivity index is 1.45. The molecule has 3 aromatic carbocycles. The molecule has 0 N–H and O–H groups in total. The van der Waals surface area contributed by atoms with Crippen molar-refractivity contribution in [3.63, 3.8) is 0 Å². The predicted octanol–water partition coefficient (Wildman–Crippen LogP) is 4.94. The SMILES string of the molecule is COc1ccc2nc(N(Cc3ccccc3)C(=O)C3CCCN(S(=O)(=O)c4ccccc4)C3)sc2c1. The van der Waals surface area contributed by atoms with Gasteiger partial charge in [0, 0.05) is 13.1 Å². The van der Waals surface area contributed by atoms with Gasteiger partial charge in [-0.3, -0.25) is 9.69 Å². The number of sulfonamides is 1. The van der Waals surface area contributed by atoms with Crippen LogP contribution in [0.15, 0.2) is 83.8 Å². The van der Waals surface area contributed by atoms with Crippen LogP contribution in [0.2, 0.25) is 0 Å². The van der Waals surface area contributed by atoms with E-state index in [4.69, 9.17) is 9.72 Å². The maximum absolute atomic E-state index is 14.0. The molecule has 1 unspecified atom stereocenters. The van der Waals surface area contributed by atoms with E-state index in [0.29, 0.717) is 31.1 Å². The zero-order valence-corrected chi connectivity index (χ0v) is 21.5. The number of nitrogens with zero attached hydrogens (tertiary/aromatic N) is 3. The summed E-state index contributed by atoms with van der Waals surface area (Å²) in [5.74, 6) is 0.160. The highest BCUT2D eigenvalue weighted by Crippen LogP contribution is 2.34. The fourth-order valence-corrected chi connectivity index (χ4v) is 7.01. The molecular weight excluding hydrogens is 494 g/mol. The van der Waals surface area contributed by atoms with E-state index in [9.17, 15) is 13.2 Å². The minimum Gasteiger partial charge on any atom is -0.497 e. The number of hydrogen-bond donors (Lipinski definition) is 0. The quantitative estimate of drug-likeness (QED) is 0.344. The van der Waals surface area contributed by atoms with Crippen molar-refractivity contribution in [3.05, 3.63) is 84.4 Å². The molecule has 5 rings (SSSR count). The van der Waals surface area contributed by atoms with E-state index in [1.54, 1.807) is 42.3 Å². The zero-order valence-electron chi connectivity index (χ0n) is 19.9. The Morgan fingerprint density at radius 2 is 1.81 bits per heavy atom.